The van der Waals surface area contributed by atoms with E-state index in [0.29, 0.717) is 17.4 Å². The van der Waals surface area contributed by atoms with Crippen LogP contribution in [-0.2, 0) is 4.74 Å². The van der Waals surface area contributed by atoms with Gasteiger partial charge in [0.25, 0.3) is 5.82 Å². The number of hydrogen-bond donors (Lipinski definition) is 1. The van der Waals surface area contributed by atoms with Crippen molar-refractivity contribution >= 4 is 11.7 Å². The first-order valence-electron chi connectivity index (χ1n) is 6.26. The molecule has 0 aromatic carbocycles. The van der Waals surface area contributed by atoms with Gasteiger partial charge in [-0.2, -0.15) is 4.98 Å². The molecule has 0 unspecified atom stereocenters. The van der Waals surface area contributed by atoms with Crippen molar-refractivity contribution < 1.29 is 14.3 Å². The Bertz CT molecular complexity index is 660. The Morgan fingerprint density at radius 1 is 1.33 bits per heavy atom. The summed E-state index contributed by atoms with van der Waals surface area (Å²) in [7, 11) is 1.26. The molecule has 2 rings (SSSR count). The third-order valence-electron chi connectivity index (χ3n) is 2.37. The molecule has 0 saturated carbocycles. The van der Waals surface area contributed by atoms with E-state index in [9.17, 15) is 4.79 Å². The molecule has 21 heavy (non-hydrogen) atoms. The summed E-state index contributed by atoms with van der Waals surface area (Å²) in [5, 5.41) is 3.99. The first kappa shape index (κ1) is 14.8. The van der Waals surface area contributed by atoms with Crippen LogP contribution in [0.15, 0.2) is 18.5 Å². The van der Waals surface area contributed by atoms with E-state index in [0.717, 1.165) is 0 Å². The molecule has 112 valence electrons. The summed E-state index contributed by atoms with van der Waals surface area (Å²) in [6, 6.07) is 3.31. The average Bonchev–Trinajstić information content (AvgIpc) is 2.88. The number of carbonyl (C=O) groups is 1. The summed E-state index contributed by atoms with van der Waals surface area (Å²) < 4.78 is 11.6. The molecule has 0 amide bonds. The van der Waals surface area contributed by atoms with Crippen molar-refractivity contribution in [1.29, 1.82) is 0 Å². The monoisotopic (exact) mass is 291 g/mol. The fourth-order valence-corrected chi connectivity index (χ4v) is 1.50. The van der Waals surface area contributed by atoms with Gasteiger partial charge in [-0.3, -0.25) is 0 Å². The molecule has 0 bridgehead atoms. The van der Waals surface area contributed by atoms with Crippen molar-refractivity contribution in [3.63, 3.8) is 0 Å². The second-order valence-corrected chi connectivity index (χ2v) is 5.28. The van der Waals surface area contributed by atoms with E-state index in [2.05, 4.69) is 19.8 Å². The zero-order valence-electron chi connectivity index (χ0n) is 12.3. The number of esters is 1. The van der Waals surface area contributed by atoms with E-state index in [-0.39, 0.29) is 5.82 Å². The lowest BCUT2D eigenvalue weighted by Crippen LogP contribution is -2.24. The van der Waals surface area contributed by atoms with Gasteiger partial charge in [0.15, 0.2) is 5.82 Å². The van der Waals surface area contributed by atoms with Crippen LogP contribution in [0.5, 0.6) is 5.88 Å². The van der Waals surface area contributed by atoms with Crippen LogP contribution in [0.2, 0.25) is 0 Å². The molecule has 8 heteroatoms. The molecular weight excluding hydrogens is 274 g/mol. The maximum absolute atomic E-state index is 11.3. The molecule has 0 atom stereocenters. The minimum Gasteiger partial charge on any atom is -0.470 e. The summed E-state index contributed by atoms with van der Waals surface area (Å²) in [6.45, 7) is 5.68. The lowest BCUT2D eigenvalue weighted by atomic mass is 10.2. The quantitative estimate of drug-likeness (QED) is 0.847. The third kappa shape index (κ3) is 3.47. The topological polar surface area (TPSA) is 105 Å². The van der Waals surface area contributed by atoms with Gasteiger partial charge in [0.1, 0.15) is 11.9 Å². The Labute approximate surface area is 121 Å². The van der Waals surface area contributed by atoms with Gasteiger partial charge in [0, 0.05) is 0 Å². The van der Waals surface area contributed by atoms with Crippen LogP contribution < -0.4 is 10.5 Å². The van der Waals surface area contributed by atoms with Crippen molar-refractivity contribution in [2.75, 3.05) is 12.8 Å². The lowest BCUT2D eigenvalue weighted by Gasteiger charge is -2.21. The molecule has 2 heterocycles. The maximum atomic E-state index is 11.3. The van der Waals surface area contributed by atoms with Gasteiger partial charge in [-0.1, -0.05) is 0 Å². The van der Waals surface area contributed by atoms with Crippen molar-refractivity contribution in [1.82, 2.24) is 19.7 Å². The number of rotatable bonds is 3. The average molecular weight is 291 g/mol. The third-order valence-corrected chi connectivity index (χ3v) is 2.37. The molecule has 0 fully saturated rings. The fraction of sp³-hybridized carbons (Fsp3) is 0.385. The Kier molecular flexibility index (Phi) is 3.79. The van der Waals surface area contributed by atoms with Crippen LogP contribution in [0.25, 0.3) is 5.82 Å². The summed E-state index contributed by atoms with van der Waals surface area (Å²) in [6.07, 6.45) is 1.37. The number of pyridine rings is 1. The summed E-state index contributed by atoms with van der Waals surface area (Å²) >= 11 is 0. The van der Waals surface area contributed by atoms with Crippen LogP contribution in [0.1, 0.15) is 31.4 Å². The van der Waals surface area contributed by atoms with Gasteiger partial charge in [-0.25, -0.2) is 14.5 Å². The van der Waals surface area contributed by atoms with Crippen LogP contribution >= 0.6 is 0 Å². The zero-order valence-corrected chi connectivity index (χ0v) is 12.3. The molecular formula is C13H17N5O3. The fourth-order valence-electron chi connectivity index (χ4n) is 1.50. The standard InChI is InChI=1S/C13H17N5O3/c1-13(2,3)21-11-8(14)5-6-9(16-11)18-7-15-10(17-18)12(19)20-4/h5-7H,14H2,1-4H3. The number of carbonyl (C=O) groups excluding carboxylic acids is 1. The molecule has 0 aliphatic heterocycles. The summed E-state index contributed by atoms with van der Waals surface area (Å²) in [5.41, 5.74) is 5.83. The van der Waals surface area contributed by atoms with Crippen LogP contribution in [0.3, 0.4) is 0 Å². The molecule has 0 spiro atoms. The summed E-state index contributed by atoms with van der Waals surface area (Å²) in [4.78, 5) is 19.5. The Balaban J connectivity index is 2.34. The Morgan fingerprint density at radius 3 is 2.67 bits per heavy atom. The van der Waals surface area contributed by atoms with E-state index >= 15 is 0 Å². The number of anilines is 1. The van der Waals surface area contributed by atoms with E-state index in [1.54, 1.807) is 12.1 Å². The van der Waals surface area contributed by atoms with Crippen molar-refractivity contribution in [2.45, 2.75) is 26.4 Å². The second-order valence-electron chi connectivity index (χ2n) is 5.28. The largest absolute Gasteiger partial charge is 0.470 e. The van der Waals surface area contributed by atoms with Gasteiger partial charge in [0.2, 0.25) is 5.88 Å². The predicted octanol–water partition coefficient (Wildman–Crippen LogP) is 1.21. The van der Waals surface area contributed by atoms with Crippen molar-refractivity contribution in [3.05, 3.63) is 24.3 Å². The molecule has 8 nitrogen and oxygen atoms in total. The number of nitrogen functional groups attached to an aromatic ring is 1. The van der Waals surface area contributed by atoms with Crippen LogP contribution in [0, 0.1) is 0 Å². The van der Waals surface area contributed by atoms with Crippen LogP contribution in [-0.4, -0.2) is 38.4 Å². The Morgan fingerprint density at radius 2 is 2.05 bits per heavy atom. The first-order chi connectivity index (χ1) is 9.80. The predicted molar refractivity (Wildman–Crippen MR) is 75.3 cm³/mol. The van der Waals surface area contributed by atoms with Gasteiger partial charge in [-0.15, -0.1) is 5.10 Å². The lowest BCUT2D eigenvalue weighted by molar-refractivity contribution is 0.0587. The molecule has 2 aromatic rings. The number of ether oxygens (including phenoxy) is 2. The highest BCUT2D eigenvalue weighted by atomic mass is 16.5. The second kappa shape index (κ2) is 5.39. The molecule has 0 saturated heterocycles. The zero-order chi connectivity index (χ0) is 15.6. The van der Waals surface area contributed by atoms with Crippen molar-refractivity contribution in [3.8, 4) is 11.7 Å². The molecule has 2 N–H and O–H groups in total. The summed E-state index contributed by atoms with van der Waals surface area (Å²) in [5.74, 6) is 0.0750. The van der Waals surface area contributed by atoms with Gasteiger partial charge < -0.3 is 15.2 Å². The SMILES string of the molecule is COC(=O)c1ncn(-c2ccc(N)c(OC(C)(C)C)n2)n1. The molecule has 0 aliphatic rings. The maximum Gasteiger partial charge on any atom is 0.377 e. The molecule has 0 radical (unpaired) electrons. The number of aromatic nitrogens is 4. The van der Waals surface area contributed by atoms with E-state index in [1.165, 1.54) is 18.1 Å². The molecule has 0 aliphatic carbocycles. The minimum atomic E-state index is -0.615. The number of nitrogens with zero attached hydrogens (tertiary/aromatic N) is 4. The van der Waals surface area contributed by atoms with Gasteiger partial charge in [0.05, 0.1) is 12.8 Å². The molecule has 2 aromatic heterocycles. The smallest absolute Gasteiger partial charge is 0.377 e. The number of hydrogen-bond acceptors (Lipinski definition) is 7. The minimum absolute atomic E-state index is 0.0468. The number of methoxy groups -OCH3 is 1. The van der Waals surface area contributed by atoms with E-state index in [1.807, 2.05) is 20.8 Å². The van der Waals surface area contributed by atoms with Crippen molar-refractivity contribution in [2.24, 2.45) is 0 Å². The highest BCUT2D eigenvalue weighted by Crippen LogP contribution is 2.24. The van der Waals surface area contributed by atoms with Gasteiger partial charge in [-0.05, 0) is 32.9 Å². The van der Waals surface area contributed by atoms with E-state index < -0.39 is 11.6 Å². The first-order valence-corrected chi connectivity index (χ1v) is 6.26. The highest BCUT2D eigenvalue weighted by molar-refractivity contribution is 5.84. The highest BCUT2D eigenvalue weighted by Gasteiger charge is 2.17. The van der Waals surface area contributed by atoms with E-state index in [4.69, 9.17) is 10.5 Å². The normalized spacial score (nSPS) is 11.2. The Hall–Kier alpha value is -2.64. The van der Waals surface area contributed by atoms with Gasteiger partial charge >= 0.3 is 5.97 Å². The van der Waals surface area contributed by atoms with Crippen LogP contribution in [0.4, 0.5) is 5.69 Å². The number of nitrogens with two attached hydrogens (primary N) is 1.